The van der Waals surface area contributed by atoms with Gasteiger partial charge in [0, 0.05) is 12.0 Å². The molecule has 7 aromatic rings. The van der Waals surface area contributed by atoms with Gasteiger partial charge in [-0.2, -0.15) is 0 Å². The van der Waals surface area contributed by atoms with Gasteiger partial charge in [-0.1, -0.05) is 60.7 Å². The first-order chi connectivity index (χ1) is 15.3. The van der Waals surface area contributed by atoms with Crippen molar-refractivity contribution in [1.82, 2.24) is 0 Å². The van der Waals surface area contributed by atoms with Gasteiger partial charge in [0.2, 0.25) is 0 Å². The second-order valence-electron chi connectivity index (χ2n) is 8.84. The minimum atomic E-state index is 0. The third kappa shape index (κ3) is 2.39. The number of rotatable bonds is 0. The van der Waals surface area contributed by atoms with Crippen LogP contribution in [0.15, 0.2) is 78.9 Å². The van der Waals surface area contributed by atoms with Crippen LogP contribution in [0.4, 0.5) is 0 Å². The largest absolute Gasteiger partial charge is 2.00 e. The number of fused-ring (bicyclic) bond motifs is 4. The molecule has 0 saturated heterocycles. The molecular weight excluding hydrogens is 448 g/mol. The molecule has 1 aliphatic rings. The summed E-state index contributed by atoms with van der Waals surface area (Å²) < 4.78 is 0. The predicted octanol–water partition coefficient (Wildman–Crippen LogP) is 7.96. The molecule has 0 radical (unpaired) electrons. The molecular formula is C30H16FeO2. The van der Waals surface area contributed by atoms with Gasteiger partial charge in [0.1, 0.15) is 0 Å². The van der Waals surface area contributed by atoms with Crippen molar-refractivity contribution in [2.75, 3.05) is 0 Å². The van der Waals surface area contributed by atoms with Crippen LogP contribution in [-0.4, -0.2) is 5.78 Å². The summed E-state index contributed by atoms with van der Waals surface area (Å²) in [6, 6.07) is 26.7. The topological polar surface area (TPSA) is 45.6 Å². The van der Waals surface area contributed by atoms with Crippen LogP contribution in [0.2, 0.25) is 0 Å². The normalized spacial score (nSPS) is 13.4. The summed E-state index contributed by atoms with van der Waals surface area (Å²) in [7, 11) is 0. The monoisotopic (exact) mass is 464 g/mol. The average molecular weight is 464 g/mol. The fourth-order valence-electron chi connectivity index (χ4n) is 5.97. The number of carbonyl (C=O) groups excluding carboxylic acids is 1. The molecule has 0 unspecified atom stereocenters. The van der Waals surface area contributed by atoms with E-state index >= 15 is 0 Å². The first-order valence-corrected chi connectivity index (χ1v) is 10.8. The van der Waals surface area contributed by atoms with Gasteiger partial charge < -0.3 is 5.48 Å². The molecule has 156 valence electrons. The van der Waals surface area contributed by atoms with E-state index in [1.54, 1.807) is 0 Å². The molecule has 1 aliphatic carbocycles. The first-order valence-electron chi connectivity index (χ1n) is 10.8. The van der Waals surface area contributed by atoms with Crippen LogP contribution < -0.4 is 0 Å². The second kappa shape index (κ2) is 6.76. The number of ketones is 1. The van der Waals surface area contributed by atoms with Crippen molar-refractivity contribution < 1.29 is 27.3 Å². The number of allylic oxidation sites excluding steroid dienone is 1. The van der Waals surface area contributed by atoms with Gasteiger partial charge in [-0.25, -0.2) is 0 Å². The molecule has 0 bridgehead atoms. The third-order valence-electron chi connectivity index (χ3n) is 7.26. The van der Waals surface area contributed by atoms with Crippen molar-refractivity contribution in [3.05, 3.63) is 90.0 Å². The Bertz CT molecular complexity index is 1930. The van der Waals surface area contributed by atoms with Crippen LogP contribution in [0.1, 0.15) is 22.3 Å². The van der Waals surface area contributed by atoms with Gasteiger partial charge in [0.05, 0.1) is 0 Å². The van der Waals surface area contributed by atoms with Gasteiger partial charge in [-0.15, -0.1) is 0 Å². The maximum Gasteiger partial charge on any atom is 2.00 e. The van der Waals surface area contributed by atoms with Crippen molar-refractivity contribution >= 4 is 76.5 Å². The minimum absolute atomic E-state index is 0. The Kier molecular flexibility index (Phi) is 4.12. The zero-order chi connectivity index (χ0) is 20.3. The third-order valence-corrected chi connectivity index (χ3v) is 7.26. The zero-order valence-electron chi connectivity index (χ0n) is 17.5. The van der Waals surface area contributed by atoms with E-state index in [1.807, 2.05) is 6.08 Å². The Morgan fingerprint density at radius 3 is 1.94 bits per heavy atom. The van der Waals surface area contributed by atoms with Gasteiger partial charge in [0.15, 0.2) is 5.78 Å². The fraction of sp³-hybridized carbons (Fsp3) is 0.0333. The summed E-state index contributed by atoms with van der Waals surface area (Å²) in [4.78, 5) is 12.7. The predicted molar refractivity (Wildman–Crippen MR) is 133 cm³/mol. The smallest absolute Gasteiger partial charge is 2.00 e. The Labute approximate surface area is 199 Å². The molecule has 0 spiro atoms. The van der Waals surface area contributed by atoms with Crippen molar-refractivity contribution in [3.8, 4) is 0 Å². The van der Waals surface area contributed by atoms with E-state index in [-0.39, 0.29) is 28.3 Å². The molecule has 8 rings (SSSR count). The summed E-state index contributed by atoms with van der Waals surface area (Å²) in [6.07, 6.45) is 4.63. The molecule has 0 amide bonds. The quantitative estimate of drug-likeness (QED) is 0.128. The fourth-order valence-corrected chi connectivity index (χ4v) is 5.97. The molecule has 0 saturated carbocycles. The number of hydrogen-bond acceptors (Lipinski definition) is 1. The molecule has 0 N–H and O–H groups in total. The summed E-state index contributed by atoms with van der Waals surface area (Å²) in [5.41, 5.74) is 1.93. The van der Waals surface area contributed by atoms with Crippen LogP contribution in [-0.2, 0) is 22.5 Å². The Hall–Kier alpha value is -3.49. The van der Waals surface area contributed by atoms with Crippen molar-refractivity contribution in [2.45, 2.75) is 6.42 Å². The number of benzene rings is 7. The van der Waals surface area contributed by atoms with E-state index in [0.29, 0.717) is 6.42 Å². The first kappa shape index (κ1) is 20.1. The minimum Gasteiger partial charge on any atom is -2.00 e. The molecule has 33 heavy (non-hydrogen) atoms. The van der Waals surface area contributed by atoms with E-state index in [9.17, 15) is 4.79 Å². The number of carbonyl (C=O) groups is 1. The van der Waals surface area contributed by atoms with Crippen LogP contribution >= 0.6 is 0 Å². The van der Waals surface area contributed by atoms with Crippen LogP contribution in [0.5, 0.6) is 0 Å². The summed E-state index contributed by atoms with van der Waals surface area (Å²) in [5.74, 6) is 0.214. The molecule has 0 aromatic heterocycles. The molecule has 3 heteroatoms. The van der Waals surface area contributed by atoms with Gasteiger partial charge in [0.25, 0.3) is 0 Å². The number of hydrogen-bond donors (Lipinski definition) is 0. The Morgan fingerprint density at radius 1 is 0.576 bits per heavy atom. The van der Waals surface area contributed by atoms with E-state index in [0.717, 1.165) is 16.5 Å². The SMILES string of the molecule is O=C1CC=Cc2c1cc1ccc3cc4c5ccccc5cc5ccc6cc2c1c3c6c54.[Fe+2].[O-2]. The van der Waals surface area contributed by atoms with E-state index in [4.69, 9.17) is 0 Å². The van der Waals surface area contributed by atoms with Crippen molar-refractivity contribution in [1.29, 1.82) is 0 Å². The van der Waals surface area contributed by atoms with Gasteiger partial charge in [-0.3, -0.25) is 4.79 Å². The molecule has 0 fully saturated rings. The van der Waals surface area contributed by atoms with Gasteiger partial charge in [-0.05, 0) is 94.5 Å². The molecule has 2 nitrogen and oxygen atoms in total. The van der Waals surface area contributed by atoms with Gasteiger partial charge >= 0.3 is 17.1 Å². The molecule has 7 aromatic carbocycles. The van der Waals surface area contributed by atoms with Crippen molar-refractivity contribution in [3.63, 3.8) is 0 Å². The average Bonchev–Trinajstić information content (AvgIpc) is 2.81. The van der Waals surface area contributed by atoms with Crippen LogP contribution in [0, 0.1) is 0 Å². The molecule has 0 heterocycles. The maximum absolute atomic E-state index is 12.7. The van der Waals surface area contributed by atoms with E-state index in [2.05, 4.69) is 78.9 Å². The Balaban J connectivity index is 0.00000103. The molecule has 0 aliphatic heterocycles. The van der Waals surface area contributed by atoms with E-state index in [1.165, 1.54) is 59.2 Å². The second-order valence-corrected chi connectivity index (χ2v) is 8.84. The molecule has 0 atom stereocenters. The van der Waals surface area contributed by atoms with E-state index < -0.39 is 0 Å². The van der Waals surface area contributed by atoms with Crippen molar-refractivity contribution in [2.24, 2.45) is 0 Å². The zero-order valence-corrected chi connectivity index (χ0v) is 18.6. The summed E-state index contributed by atoms with van der Waals surface area (Å²) in [6.45, 7) is 0. The van der Waals surface area contributed by atoms with Crippen LogP contribution in [0.25, 0.3) is 70.7 Å². The summed E-state index contributed by atoms with van der Waals surface area (Å²) >= 11 is 0. The summed E-state index contributed by atoms with van der Waals surface area (Å²) in [5, 5.41) is 15.4. The Morgan fingerprint density at radius 2 is 1.18 bits per heavy atom. The maximum atomic E-state index is 12.7. The standard InChI is InChI=1S/C30H16O.Fe.O/c31-26-7-3-6-22-23(26)13-18-9-11-19-14-24-21-5-2-1-4-16(21)12-17-8-10-20-15-25(22)28(18)30(19)29(20)27(17)24;;/h1-6,8-15H,7H2;;/q;+2;-2. The van der Waals surface area contributed by atoms with Crippen LogP contribution in [0.3, 0.4) is 0 Å². The number of Topliss-reactive ketones (excluding diaryl/α,β-unsaturated/α-hetero) is 1.